The van der Waals surface area contributed by atoms with Crippen LogP contribution in [0.5, 0.6) is 0 Å². The van der Waals surface area contributed by atoms with Crippen molar-refractivity contribution in [3.05, 3.63) is 28.7 Å². The van der Waals surface area contributed by atoms with Crippen molar-refractivity contribution < 1.29 is 9.59 Å². The maximum absolute atomic E-state index is 12.8. The predicted molar refractivity (Wildman–Crippen MR) is 102 cm³/mol. The summed E-state index contributed by atoms with van der Waals surface area (Å²) in [5.74, 6) is -0.0344. The van der Waals surface area contributed by atoms with Gasteiger partial charge in [-0.1, -0.05) is 29.3 Å². The normalized spacial score (nSPS) is 12.2. The number of carbonyl (C=O) groups excluding carboxylic acids is 2. The van der Waals surface area contributed by atoms with Gasteiger partial charge in [0.15, 0.2) is 0 Å². The number of rotatable bonds is 7. The predicted octanol–water partition coefficient (Wildman–Crippen LogP) is 4.38. The van der Waals surface area contributed by atoms with E-state index in [2.05, 4.69) is 26.6 Å². The van der Waals surface area contributed by atoms with Gasteiger partial charge in [-0.15, -0.1) is 0 Å². The van der Waals surface area contributed by atoms with Gasteiger partial charge >= 0.3 is 6.03 Å². The molecule has 0 radical (unpaired) electrons. The molecule has 1 aromatic rings. The Balaban J connectivity index is 2.78. The van der Waals surface area contributed by atoms with Crippen LogP contribution in [0.4, 0.5) is 10.5 Å². The standard InChI is InChI=1S/C18H28BrN3O2/c1-6-7-16(17(23)22(12(2)3)13(4)5)21-18(24)20-15-10-8-14(19)9-11-15/h8-13,16H,6-7H2,1-5H3,(H2,20,21,24)/t16-/m0/s1. The minimum absolute atomic E-state index is 0.0344. The lowest BCUT2D eigenvalue weighted by Gasteiger charge is -2.34. The minimum Gasteiger partial charge on any atom is -0.336 e. The van der Waals surface area contributed by atoms with E-state index in [0.717, 1.165) is 10.9 Å². The van der Waals surface area contributed by atoms with E-state index in [1.54, 1.807) is 12.1 Å². The molecule has 1 rings (SSSR count). The van der Waals surface area contributed by atoms with Gasteiger partial charge < -0.3 is 15.5 Å². The Kier molecular flexibility index (Phi) is 8.25. The number of carbonyl (C=O) groups is 2. The molecule has 0 fully saturated rings. The third-order valence-electron chi connectivity index (χ3n) is 3.65. The summed E-state index contributed by atoms with van der Waals surface area (Å²) < 4.78 is 0.942. The quantitative estimate of drug-likeness (QED) is 0.716. The second-order valence-electron chi connectivity index (χ2n) is 6.38. The van der Waals surface area contributed by atoms with E-state index in [9.17, 15) is 9.59 Å². The van der Waals surface area contributed by atoms with Gasteiger partial charge in [0.25, 0.3) is 0 Å². The van der Waals surface area contributed by atoms with Gasteiger partial charge in [0.05, 0.1) is 0 Å². The smallest absolute Gasteiger partial charge is 0.319 e. The van der Waals surface area contributed by atoms with Crippen molar-refractivity contribution in [1.82, 2.24) is 10.2 Å². The highest BCUT2D eigenvalue weighted by atomic mass is 79.9. The fourth-order valence-corrected chi connectivity index (χ4v) is 2.95. The Morgan fingerprint density at radius 3 is 2.08 bits per heavy atom. The molecule has 0 unspecified atom stereocenters. The van der Waals surface area contributed by atoms with E-state index < -0.39 is 6.04 Å². The SMILES string of the molecule is CCC[C@H](NC(=O)Nc1ccc(Br)cc1)C(=O)N(C(C)C)C(C)C. The molecule has 0 aliphatic heterocycles. The first-order valence-corrected chi connectivity index (χ1v) is 9.20. The molecule has 0 aliphatic carbocycles. The van der Waals surface area contributed by atoms with E-state index >= 15 is 0 Å². The van der Waals surface area contributed by atoms with Gasteiger partial charge in [0.2, 0.25) is 5.91 Å². The van der Waals surface area contributed by atoms with Crippen molar-refractivity contribution in [3.8, 4) is 0 Å². The zero-order chi connectivity index (χ0) is 18.3. The number of nitrogens with zero attached hydrogens (tertiary/aromatic N) is 1. The van der Waals surface area contributed by atoms with Crippen molar-refractivity contribution in [2.45, 2.75) is 65.6 Å². The van der Waals surface area contributed by atoms with E-state index in [-0.39, 0.29) is 24.0 Å². The summed E-state index contributed by atoms with van der Waals surface area (Å²) >= 11 is 3.36. The number of urea groups is 1. The lowest BCUT2D eigenvalue weighted by atomic mass is 10.1. The highest BCUT2D eigenvalue weighted by Crippen LogP contribution is 2.15. The Hall–Kier alpha value is -1.56. The van der Waals surface area contributed by atoms with Crippen LogP contribution < -0.4 is 10.6 Å². The third-order valence-corrected chi connectivity index (χ3v) is 4.18. The molecule has 1 atom stereocenters. The summed E-state index contributed by atoms with van der Waals surface area (Å²) in [6, 6.07) is 6.60. The molecule has 0 heterocycles. The average molecular weight is 398 g/mol. The molecule has 24 heavy (non-hydrogen) atoms. The summed E-state index contributed by atoms with van der Waals surface area (Å²) in [6.07, 6.45) is 1.43. The second-order valence-corrected chi connectivity index (χ2v) is 7.30. The molecule has 5 nitrogen and oxygen atoms in total. The Morgan fingerprint density at radius 1 is 1.08 bits per heavy atom. The molecule has 134 valence electrons. The monoisotopic (exact) mass is 397 g/mol. The summed E-state index contributed by atoms with van der Waals surface area (Å²) in [5, 5.41) is 5.59. The van der Waals surface area contributed by atoms with Crippen LogP contribution in [0.1, 0.15) is 47.5 Å². The van der Waals surface area contributed by atoms with Crippen molar-refractivity contribution >= 4 is 33.6 Å². The van der Waals surface area contributed by atoms with E-state index in [0.29, 0.717) is 12.1 Å². The fraction of sp³-hybridized carbons (Fsp3) is 0.556. The highest BCUT2D eigenvalue weighted by Gasteiger charge is 2.28. The van der Waals surface area contributed by atoms with Crippen molar-refractivity contribution in [2.75, 3.05) is 5.32 Å². The number of halogens is 1. The van der Waals surface area contributed by atoms with Gasteiger partial charge in [-0.25, -0.2) is 4.79 Å². The van der Waals surface area contributed by atoms with Crippen LogP contribution in [-0.4, -0.2) is 35.0 Å². The van der Waals surface area contributed by atoms with Crippen LogP contribution in [0.3, 0.4) is 0 Å². The molecule has 0 spiro atoms. The van der Waals surface area contributed by atoms with E-state index in [1.165, 1.54) is 0 Å². The fourth-order valence-electron chi connectivity index (χ4n) is 2.69. The molecule has 1 aromatic carbocycles. The van der Waals surface area contributed by atoms with Gasteiger partial charge in [-0.05, 0) is 58.4 Å². The number of anilines is 1. The lowest BCUT2D eigenvalue weighted by Crippen LogP contribution is -2.53. The molecular weight excluding hydrogens is 370 g/mol. The van der Waals surface area contributed by atoms with Crippen molar-refractivity contribution in [3.63, 3.8) is 0 Å². The number of amides is 3. The van der Waals surface area contributed by atoms with Gasteiger partial charge in [-0.3, -0.25) is 4.79 Å². The van der Waals surface area contributed by atoms with Crippen LogP contribution in [0.25, 0.3) is 0 Å². The molecule has 0 saturated carbocycles. The molecule has 0 aliphatic rings. The maximum atomic E-state index is 12.8. The minimum atomic E-state index is -0.518. The van der Waals surface area contributed by atoms with Crippen LogP contribution >= 0.6 is 15.9 Å². The maximum Gasteiger partial charge on any atom is 0.319 e. The number of nitrogens with one attached hydrogen (secondary N) is 2. The molecule has 0 bridgehead atoms. The Morgan fingerprint density at radius 2 is 1.62 bits per heavy atom. The number of hydrogen-bond acceptors (Lipinski definition) is 2. The summed E-state index contributed by atoms with van der Waals surface area (Å²) in [5.41, 5.74) is 0.683. The van der Waals surface area contributed by atoms with Crippen LogP contribution in [0, 0.1) is 0 Å². The molecule has 2 N–H and O–H groups in total. The molecule has 0 saturated heterocycles. The first-order chi connectivity index (χ1) is 11.3. The average Bonchev–Trinajstić information content (AvgIpc) is 2.48. The van der Waals surface area contributed by atoms with Gasteiger partial charge in [0, 0.05) is 22.2 Å². The highest BCUT2D eigenvalue weighted by molar-refractivity contribution is 9.10. The van der Waals surface area contributed by atoms with Crippen molar-refractivity contribution in [2.24, 2.45) is 0 Å². The summed E-state index contributed by atoms with van der Waals surface area (Å²) in [7, 11) is 0. The summed E-state index contributed by atoms with van der Waals surface area (Å²) in [4.78, 5) is 26.9. The molecule has 6 heteroatoms. The topological polar surface area (TPSA) is 61.4 Å². The zero-order valence-electron chi connectivity index (χ0n) is 15.1. The Bertz CT molecular complexity index is 536. The van der Waals surface area contributed by atoms with E-state index in [4.69, 9.17) is 0 Å². The van der Waals surface area contributed by atoms with Crippen LogP contribution in [0.15, 0.2) is 28.7 Å². The lowest BCUT2D eigenvalue weighted by molar-refractivity contribution is -0.137. The van der Waals surface area contributed by atoms with Gasteiger partial charge in [0.1, 0.15) is 6.04 Å². The molecule has 3 amide bonds. The summed E-state index contributed by atoms with van der Waals surface area (Å²) in [6.45, 7) is 9.96. The molecular formula is C18H28BrN3O2. The zero-order valence-corrected chi connectivity index (χ0v) is 16.7. The second kappa shape index (κ2) is 9.67. The number of hydrogen-bond donors (Lipinski definition) is 2. The molecule has 0 aromatic heterocycles. The van der Waals surface area contributed by atoms with Gasteiger partial charge in [-0.2, -0.15) is 0 Å². The Labute approximate surface area is 153 Å². The van der Waals surface area contributed by atoms with Crippen LogP contribution in [-0.2, 0) is 4.79 Å². The van der Waals surface area contributed by atoms with E-state index in [1.807, 2.05) is 51.7 Å². The third kappa shape index (κ3) is 6.15. The first-order valence-electron chi connectivity index (χ1n) is 8.41. The van der Waals surface area contributed by atoms with Crippen molar-refractivity contribution in [1.29, 1.82) is 0 Å². The van der Waals surface area contributed by atoms with Crippen LogP contribution in [0.2, 0.25) is 0 Å². The largest absolute Gasteiger partial charge is 0.336 e. The number of benzene rings is 1. The first kappa shape index (κ1) is 20.5.